The Morgan fingerprint density at radius 3 is 2.27 bits per heavy atom. The van der Waals surface area contributed by atoms with Crippen LogP contribution < -0.4 is 14.8 Å². The van der Waals surface area contributed by atoms with E-state index in [1.54, 1.807) is 31.3 Å². The first-order valence-electron chi connectivity index (χ1n) is 11.0. The third-order valence-electron chi connectivity index (χ3n) is 6.11. The van der Waals surface area contributed by atoms with E-state index in [1.165, 1.54) is 0 Å². The fraction of sp³-hybridized carbons (Fsp3) is 0.259. The van der Waals surface area contributed by atoms with E-state index in [9.17, 15) is 9.59 Å². The molecule has 6 heteroatoms. The van der Waals surface area contributed by atoms with Crippen molar-refractivity contribution in [2.45, 2.75) is 12.5 Å². The summed E-state index contributed by atoms with van der Waals surface area (Å²) in [5.41, 5.74) is 2.50. The molecule has 1 saturated heterocycles. The molecule has 0 bridgehead atoms. The zero-order valence-electron chi connectivity index (χ0n) is 18.9. The maximum atomic E-state index is 13.3. The van der Waals surface area contributed by atoms with Crippen molar-refractivity contribution in [3.05, 3.63) is 95.6 Å². The van der Waals surface area contributed by atoms with Gasteiger partial charge in [-0.05, 0) is 35.9 Å². The minimum absolute atomic E-state index is 0.0826. The van der Waals surface area contributed by atoms with Gasteiger partial charge in [0.25, 0.3) is 5.91 Å². The number of carbonyl (C=O) groups excluding carboxylic acids is 2. The summed E-state index contributed by atoms with van der Waals surface area (Å²) in [6.45, 7) is 1.19. The molecule has 170 valence electrons. The molecule has 1 N–H and O–H groups in total. The van der Waals surface area contributed by atoms with E-state index < -0.39 is 5.92 Å². The number of amides is 2. The van der Waals surface area contributed by atoms with Crippen LogP contribution in [0.2, 0.25) is 0 Å². The summed E-state index contributed by atoms with van der Waals surface area (Å²) in [4.78, 5) is 28.3. The van der Waals surface area contributed by atoms with Crippen LogP contribution in [0.15, 0.2) is 78.9 Å². The quantitative estimate of drug-likeness (QED) is 0.601. The van der Waals surface area contributed by atoms with Crippen molar-refractivity contribution in [1.82, 2.24) is 10.2 Å². The van der Waals surface area contributed by atoms with Crippen molar-refractivity contribution >= 4 is 11.8 Å². The van der Waals surface area contributed by atoms with E-state index in [0.717, 1.165) is 11.1 Å². The predicted molar refractivity (Wildman–Crippen MR) is 126 cm³/mol. The van der Waals surface area contributed by atoms with Crippen LogP contribution in [-0.2, 0) is 11.3 Å². The molecular formula is C27H28N2O4. The summed E-state index contributed by atoms with van der Waals surface area (Å²) in [7, 11) is 3.22. The van der Waals surface area contributed by atoms with Gasteiger partial charge >= 0.3 is 0 Å². The van der Waals surface area contributed by atoms with Crippen LogP contribution >= 0.6 is 0 Å². The minimum Gasteiger partial charge on any atom is -0.497 e. The van der Waals surface area contributed by atoms with Crippen LogP contribution in [-0.4, -0.2) is 44.0 Å². The van der Waals surface area contributed by atoms with Gasteiger partial charge in [0.1, 0.15) is 11.5 Å². The van der Waals surface area contributed by atoms with E-state index in [4.69, 9.17) is 9.47 Å². The van der Waals surface area contributed by atoms with Crippen LogP contribution in [0.4, 0.5) is 0 Å². The fourth-order valence-corrected chi connectivity index (χ4v) is 4.36. The molecule has 2 amide bonds. The molecule has 1 aliphatic heterocycles. The molecule has 6 nitrogen and oxygen atoms in total. The second-order valence-corrected chi connectivity index (χ2v) is 8.10. The van der Waals surface area contributed by atoms with E-state index >= 15 is 0 Å². The van der Waals surface area contributed by atoms with Gasteiger partial charge in [-0.25, -0.2) is 0 Å². The van der Waals surface area contributed by atoms with Crippen molar-refractivity contribution < 1.29 is 19.1 Å². The first-order chi connectivity index (χ1) is 16.1. The molecule has 1 fully saturated rings. The van der Waals surface area contributed by atoms with E-state index in [0.29, 0.717) is 36.7 Å². The number of methoxy groups -OCH3 is 2. The second kappa shape index (κ2) is 10.2. The molecule has 0 aromatic heterocycles. The third-order valence-corrected chi connectivity index (χ3v) is 6.11. The number of rotatable bonds is 7. The topological polar surface area (TPSA) is 67.9 Å². The highest BCUT2D eigenvalue weighted by atomic mass is 16.5. The number of hydrogen-bond acceptors (Lipinski definition) is 4. The Kier molecular flexibility index (Phi) is 6.93. The maximum absolute atomic E-state index is 13.3. The maximum Gasteiger partial charge on any atom is 0.253 e. The first-order valence-corrected chi connectivity index (χ1v) is 11.0. The van der Waals surface area contributed by atoms with E-state index in [-0.39, 0.29) is 17.7 Å². The average molecular weight is 445 g/mol. The molecule has 3 aromatic rings. The molecule has 3 aromatic carbocycles. The highest BCUT2D eigenvalue weighted by Crippen LogP contribution is 2.40. The van der Waals surface area contributed by atoms with E-state index in [2.05, 4.69) is 5.32 Å². The Labute approximate surface area is 194 Å². The van der Waals surface area contributed by atoms with Crippen LogP contribution in [0.1, 0.15) is 27.4 Å². The van der Waals surface area contributed by atoms with Gasteiger partial charge in [-0.3, -0.25) is 9.59 Å². The molecule has 33 heavy (non-hydrogen) atoms. The Bertz CT molecular complexity index is 1100. The zero-order valence-corrected chi connectivity index (χ0v) is 18.9. The van der Waals surface area contributed by atoms with Crippen molar-refractivity contribution in [1.29, 1.82) is 0 Å². The predicted octanol–water partition coefficient (Wildman–Crippen LogP) is 3.88. The van der Waals surface area contributed by atoms with Gasteiger partial charge in [0.2, 0.25) is 5.91 Å². The number of nitrogens with one attached hydrogen (secondary N) is 1. The Morgan fingerprint density at radius 1 is 0.909 bits per heavy atom. The van der Waals surface area contributed by atoms with Crippen molar-refractivity contribution in [3.8, 4) is 11.5 Å². The highest BCUT2D eigenvalue weighted by molar-refractivity contribution is 5.95. The SMILES string of the molecule is COc1ccc(OC)c([C@@H]2CN(C(=O)c3ccccc3)C[C@H]2C(=O)NCc2ccccc2)c1. The summed E-state index contributed by atoms with van der Waals surface area (Å²) in [5, 5.41) is 3.06. The van der Waals surface area contributed by atoms with Crippen molar-refractivity contribution in [2.24, 2.45) is 5.92 Å². The molecule has 0 unspecified atom stereocenters. The highest BCUT2D eigenvalue weighted by Gasteiger charge is 2.41. The molecule has 4 rings (SSSR count). The molecule has 1 heterocycles. The minimum atomic E-state index is -0.414. The third kappa shape index (κ3) is 5.00. The number of hydrogen-bond donors (Lipinski definition) is 1. The number of benzene rings is 3. The lowest BCUT2D eigenvalue weighted by atomic mass is 9.87. The standard InChI is InChI=1S/C27H28N2O4/c1-32-21-13-14-25(33-2)22(15-21)23-17-29(27(31)20-11-7-4-8-12-20)18-24(23)26(30)28-16-19-9-5-3-6-10-19/h3-15,23-24H,16-18H2,1-2H3,(H,28,30)/t23-,24+/m0/s1. The summed E-state index contributed by atoms with van der Waals surface area (Å²) < 4.78 is 11.0. The fourth-order valence-electron chi connectivity index (χ4n) is 4.36. The summed E-state index contributed by atoms with van der Waals surface area (Å²) in [5.74, 6) is 0.552. The molecule has 0 spiro atoms. The average Bonchev–Trinajstić information content (AvgIpc) is 3.33. The van der Waals surface area contributed by atoms with Crippen LogP contribution in [0.25, 0.3) is 0 Å². The van der Waals surface area contributed by atoms with Crippen LogP contribution in [0, 0.1) is 5.92 Å². The molecule has 0 saturated carbocycles. The van der Waals surface area contributed by atoms with Crippen molar-refractivity contribution in [2.75, 3.05) is 27.3 Å². The lowest BCUT2D eigenvalue weighted by molar-refractivity contribution is -0.125. The lowest BCUT2D eigenvalue weighted by Crippen LogP contribution is -2.35. The van der Waals surface area contributed by atoms with Crippen LogP contribution in [0.5, 0.6) is 11.5 Å². The Balaban J connectivity index is 1.62. The second-order valence-electron chi connectivity index (χ2n) is 8.10. The number of ether oxygens (including phenoxy) is 2. The van der Waals surface area contributed by atoms with E-state index in [1.807, 2.05) is 66.7 Å². The van der Waals surface area contributed by atoms with Gasteiger partial charge in [-0.2, -0.15) is 0 Å². The molecule has 1 aliphatic rings. The normalized spacial score (nSPS) is 17.5. The van der Waals surface area contributed by atoms with Gasteiger partial charge < -0.3 is 19.7 Å². The number of nitrogens with zero attached hydrogens (tertiary/aromatic N) is 1. The molecule has 0 radical (unpaired) electrons. The first kappa shape index (κ1) is 22.4. The zero-order chi connectivity index (χ0) is 23.2. The van der Waals surface area contributed by atoms with Gasteiger partial charge in [0, 0.05) is 36.7 Å². The lowest BCUT2D eigenvalue weighted by Gasteiger charge is -2.21. The number of likely N-dealkylation sites (tertiary alicyclic amines) is 1. The molecule has 0 aliphatic carbocycles. The van der Waals surface area contributed by atoms with Gasteiger partial charge in [-0.15, -0.1) is 0 Å². The summed E-state index contributed by atoms with van der Waals surface area (Å²) >= 11 is 0. The van der Waals surface area contributed by atoms with Gasteiger partial charge in [0.05, 0.1) is 20.1 Å². The number of carbonyl (C=O) groups is 2. The summed E-state index contributed by atoms with van der Waals surface area (Å²) in [6.07, 6.45) is 0. The smallest absolute Gasteiger partial charge is 0.253 e. The molecular weight excluding hydrogens is 416 g/mol. The molecule has 2 atom stereocenters. The monoisotopic (exact) mass is 444 g/mol. The Hall–Kier alpha value is -3.80. The van der Waals surface area contributed by atoms with Crippen molar-refractivity contribution in [3.63, 3.8) is 0 Å². The van der Waals surface area contributed by atoms with Gasteiger partial charge in [0.15, 0.2) is 0 Å². The van der Waals surface area contributed by atoms with Gasteiger partial charge in [-0.1, -0.05) is 48.5 Å². The summed E-state index contributed by atoms with van der Waals surface area (Å²) in [6, 6.07) is 24.5. The van der Waals surface area contributed by atoms with Crippen LogP contribution in [0.3, 0.4) is 0 Å². The largest absolute Gasteiger partial charge is 0.497 e. The Morgan fingerprint density at radius 2 is 1.61 bits per heavy atom.